The molecule has 0 saturated heterocycles. The fraction of sp³-hybridized carbons (Fsp3) is 0.235. The Bertz CT molecular complexity index is 549. The minimum atomic E-state index is -0.409. The van der Waals surface area contributed by atoms with Crippen LogP contribution in [0.1, 0.15) is 29.3 Å². The molecule has 0 radical (unpaired) electrons. The summed E-state index contributed by atoms with van der Waals surface area (Å²) in [6.07, 6.45) is 0.245. The van der Waals surface area contributed by atoms with Crippen LogP contribution in [0.25, 0.3) is 0 Å². The third-order valence-electron chi connectivity index (χ3n) is 3.09. The van der Waals surface area contributed by atoms with E-state index in [2.05, 4.69) is 0 Å². The first-order valence-corrected chi connectivity index (χ1v) is 7.04. The van der Waals surface area contributed by atoms with E-state index >= 15 is 0 Å². The van der Waals surface area contributed by atoms with Crippen molar-refractivity contribution in [1.82, 2.24) is 0 Å². The molecule has 0 fully saturated rings. The Hall–Kier alpha value is -1.64. The third kappa shape index (κ3) is 3.92. The van der Waals surface area contributed by atoms with Gasteiger partial charge in [0.05, 0.1) is 6.61 Å². The summed E-state index contributed by atoms with van der Waals surface area (Å²) in [6, 6.07) is 16.7. The molecule has 0 amide bonds. The van der Waals surface area contributed by atoms with Gasteiger partial charge >= 0.3 is 0 Å². The molecule has 0 aliphatic heterocycles. The van der Waals surface area contributed by atoms with Crippen molar-refractivity contribution in [3.05, 3.63) is 70.7 Å². The molecule has 1 unspecified atom stereocenters. The zero-order valence-corrected chi connectivity index (χ0v) is 12.1. The van der Waals surface area contributed by atoms with Gasteiger partial charge in [0, 0.05) is 10.6 Å². The van der Waals surface area contributed by atoms with Crippen LogP contribution in [0.5, 0.6) is 0 Å². The molecule has 104 valence electrons. The van der Waals surface area contributed by atoms with Crippen LogP contribution in [0.15, 0.2) is 54.6 Å². The van der Waals surface area contributed by atoms with Crippen molar-refractivity contribution in [1.29, 1.82) is 0 Å². The van der Waals surface area contributed by atoms with Gasteiger partial charge in [-0.3, -0.25) is 4.79 Å². The molecule has 1 atom stereocenters. The molecule has 0 bridgehead atoms. The van der Waals surface area contributed by atoms with Crippen LogP contribution in [0.2, 0.25) is 5.02 Å². The zero-order chi connectivity index (χ0) is 14.4. The van der Waals surface area contributed by atoms with Crippen molar-refractivity contribution >= 4 is 17.4 Å². The van der Waals surface area contributed by atoms with E-state index in [0.29, 0.717) is 23.6 Å². The first-order chi connectivity index (χ1) is 9.70. The molecule has 20 heavy (non-hydrogen) atoms. The SMILES string of the molecule is CCC(OCc1ccc(Cl)cc1)C(=O)c1ccccc1. The average molecular weight is 289 g/mol. The van der Waals surface area contributed by atoms with Crippen LogP contribution in [-0.4, -0.2) is 11.9 Å². The first-order valence-electron chi connectivity index (χ1n) is 6.66. The standard InChI is InChI=1S/C17H17ClO2/c1-2-16(17(19)14-6-4-3-5-7-14)20-12-13-8-10-15(18)11-9-13/h3-11,16H,2,12H2,1H3. The molecule has 0 spiro atoms. The minimum absolute atomic E-state index is 0.0297. The number of carbonyl (C=O) groups excluding carboxylic acids is 1. The van der Waals surface area contributed by atoms with Gasteiger partial charge in [-0.25, -0.2) is 0 Å². The van der Waals surface area contributed by atoms with Gasteiger partial charge in [-0.2, -0.15) is 0 Å². The smallest absolute Gasteiger partial charge is 0.191 e. The predicted octanol–water partition coefficient (Wildman–Crippen LogP) is 4.52. The van der Waals surface area contributed by atoms with Gasteiger partial charge in [0.2, 0.25) is 0 Å². The van der Waals surface area contributed by atoms with E-state index in [1.165, 1.54) is 0 Å². The number of ether oxygens (including phenoxy) is 1. The first kappa shape index (κ1) is 14.8. The van der Waals surface area contributed by atoms with Crippen molar-refractivity contribution in [2.24, 2.45) is 0 Å². The van der Waals surface area contributed by atoms with Gasteiger partial charge in [0.25, 0.3) is 0 Å². The summed E-state index contributed by atoms with van der Waals surface area (Å²) in [5.74, 6) is 0.0297. The molecular formula is C17H17ClO2. The van der Waals surface area contributed by atoms with Crippen molar-refractivity contribution in [3.8, 4) is 0 Å². The molecule has 3 heteroatoms. The molecule has 2 rings (SSSR count). The number of ketones is 1. The van der Waals surface area contributed by atoms with Crippen LogP contribution in [0.3, 0.4) is 0 Å². The largest absolute Gasteiger partial charge is 0.365 e. The summed E-state index contributed by atoms with van der Waals surface area (Å²) in [6.45, 7) is 2.36. The summed E-state index contributed by atoms with van der Waals surface area (Å²) in [5.41, 5.74) is 1.70. The van der Waals surface area contributed by atoms with Gasteiger partial charge in [0.15, 0.2) is 5.78 Å². The zero-order valence-electron chi connectivity index (χ0n) is 11.4. The van der Waals surface area contributed by atoms with Crippen LogP contribution < -0.4 is 0 Å². The lowest BCUT2D eigenvalue weighted by Gasteiger charge is -2.15. The fourth-order valence-corrected chi connectivity index (χ4v) is 2.07. The van der Waals surface area contributed by atoms with E-state index in [1.807, 2.05) is 61.5 Å². The van der Waals surface area contributed by atoms with E-state index in [1.54, 1.807) is 0 Å². The van der Waals surface area contributed by atoms with Gasteiger partial charge in [-0.1, -0.05) is 61.0 Å². The van der Waals surface area contributed by atoms with E-state index in [-0.39, 0.29) is 5.78 Å². The highest BCUT2D eigenvalue weighted by Crippen LogP contribution is 2.14. The maximum atomic E-state index is 12.3. The maximum absolute atomic E-state index is 12.3. The molecule has 0 N–H and O–H groups in total. The Morgan fingerprint density at radius 1 is 1.10 bits per heavy atom. The molecule has 0 aromatic heterocycles. The predicted molar refractivity (Wildman–Crippen MR) is 81.1 cm³/mol. The minimum Gasteiger partial charge on any atom is -0.365 e. The Kier molecular flexibility index (Phi) is 5.33. The number of hydrogen-bond donors (Lipinski definition) is 0. The van der Waals surface area contributed by atoms with Crippen LogP contribution >= 0.6 is 11.6 Å². The van der Waals surface area contributed by atoms with Gasteiger partial charge < -0.3 is 4.74 Å². The quantitative estimate of drug-likeness (QED) is 0.731. The molecule has 0 heterocycles. The molecule has 0 saturated carbocycles. The number of hydrogen-bond acceptors (Lipinski definition) is 2. The lowest BCUT2D eigenvalue weighted by atomic mass is 10.0. The second-order valence-electron chi connectivity index (χ2n) is 4.56. The topological polar surface area (TPSA) is 26.3 Å². The lowest BCUT2D eigenvalue weighted by Crippen LogP contribution is -2.23. The summed E-state index contributed by atoms with van der Waals surface area (Å²) in [4.78, 5) is 12.3. The van der Waals surface area contributed by atoms with Crippen molar-refractivity contribution in [3.63, 3.8) is 0 Å². The molecule has 0 aliphatic carbocycles. The summed E-state index contributed by atoms with van der Waals surface area (Å²) in [7, 11) is 0. The second kappa shape index (κ2) is 7.22. The third-order valence-corrected chi connectivity index (χ3v) is 3.34. The number of Topliss-reactive ketones (excluding diaryl/α,β-unsaturated/α-hetero) is 1. The molecule has 0 aliphatic rings. The Morgan fingerprint density at radius 3 is 2.35 bits per heavy atom. The van der Waals surface area contributed by atoms with Crippen LogP contribution in [0.4, 0.5) is 0 Å². The van der Waals surface area contributed by atoms with Crippen LogP contribution in [-0.2, 0) is 11.3 Å². The lowest BCUT2D eigenvalue weighted by molar-refractivity contribution is 0.0326. The summed E-state index contributed by atoms with van der Waals surface area (Å²) >= 11 is 5.84. The molecular weight excluding hydrogens is 272 g/mol. The van der Waals surface area contributed by atoms with E-state index in [9.17, 15) is 4.79 Å². The Morgan fingerprint density at radius 2 is 1.75 bits per heavy atom. The van der Waals surface area contributed by atoms with Crippen molar-refractivity contribution in [2.45, 2.75) is 26.1 Å². The van der Waals surface area contributed by atoms with E-state index < -0.39 is 6.10 Å². The van der Waals surface area contributed by atoms with Gasteiger partial charge in [0.1, 0.15) is 6.10 Å². The Labute approximate surface area is 124 Å². The van der Waals surface area contributed by atoms with Crippen molar-refractivity contribution in [2.75, 3.05) is 0 Å². The van der Waals surface area contributed by atoms with E-state index in [0.717, 1.165) is 5.56 Å². The summed E-state index contributed by atoms with van der Waals surface area (Å²) in [5, 5.41) is 0.696. The number of benzene rings is 2. The summed E-state index contributed by atoms with van der Waals surface area (Å²) < 4.78 is 5.74. The number of rotatable bonds is 6. The maximum Gasteiger partial charge on any atom is 0.191 e. The monoisotopic (exact) mass is 288 g/mol. The van der Waals surface area contributed by atoms with Crippen LogP contribution in [0, 0.1) is 0 Å². The Balaban J connectivity index is 1.99. The number of halogens is 1. The van der Waals surface area contributed by atoms with Crippen molar-refractivity contribution < 1.29 is 9.53 Å². The van der Waals surface area contributed by atoms with Gasteiger partial charge in [-0.15, -0.1) is 0 Å². The normalized spacial score (nSPS) is 12.1. The molecule has 2 aromatic rings. The highest BCUT2D eigenvalue weighted by Gasteiger charge is 2.18. The molecule has 2 aromatic carbocycles. The molecule has 2 nitrogen and oxygen atoms in total. The highest BCUT2D eigenvalue weighted by atomic mass is 35.5. The fourth-order valence-electron chi connectivity index (χ4n) is 1.94. The number of carbonyl (C=O) groups is 1. The highest BCUT2D eigenvalue weighted by molar-refractivity contribution is 6.30. The van der Waals surface area contributed by atoms with E-state index in [4.69, 9.17) is 16.3 Å². The average Bonchev–Trinajstić information content (AvgIpc) is 2.50. The van der Waals surface area contributed by atoms with Gasteiger partial charge in [-0.05, 0) is 24.1 Å². The second-order valence-corrected chi connectivity index (χ2v) is 5.00.